The number of hydrogen-bond donors (Lipinski definition) is 2. The van der Waals surface area contributed by atoms with Gasteiger partial charge in [-0.2, -0.15) is 5.26 Å². The first-order valence-electron chi connectivity index (χ1n) is 10.1. The molecular weight excluding hydrogens is 338 g/mol. The molecule has 1 saturated carbocycles. The van der Waals surface area contributed by atoms with Gasteiger partial charge < -0.3 is 9.80 Å². The average Bonchev–Trinajstić information content (AvgIpc) is 2.70. The fourth-order valence-corrected chi connectivity index (χ4v) is 4.72. The van der Waals surface area contributed by atoms with Gasteiger partial charge in [0.2, 0.25) is 11.9 Å². The van der Waals surface area contributed by atoms with Gasteiger partial charge in [0.05, 0.1) is 37.8 Å². The van der Waals surface area contributed by atoms with Gasteiger partial charge >= 0.3 is 0 Å². The predicted octanol–water partition coefficient (Wildman–Crippen LogP) is 0.716. The lowest BCUT2D eigenvalue weighted by Gasteiger charge is -2.43. The second-order valence-corrected chi connectivity index (χ2v) is 8.05. The first-order valence-corrected chi connectivity index (χ1v) is 10.1. The van der Waals surface area contributed by atoms with Crippen LogP contribution in [0.3, 0.4) is 0 Å². The summed E-state index contributed by atoms with van der Waals surface area (Å²) in [6, 6.07) is 12.8. The number of carbonyl (C=O) groups is 1. The quantitative estimate of drug-likeness (QED) is 0.810. The molecule has 0 radical (unpaired) electrons. The van der Waals surface area contributed by atoms with Crippen molar-refractivity contribution in [2.75, 3.05) is 26.2 Å². The molecule has 3 aliphatic rings. The smallest absolute Gasteiger partial charge is 0.246 e. The van der Waals surface area contributed by atoms with Gasteiger partial charge in [-0.3, -0.25) is 10.1 Å². The largest absolute Gasteiger partial charge is 0.331 e. The maximum absolute atomic E-state index is 12.6. The Hall–Kier alpha value is -2.39. The van der Waals surface area contributed by atoms with Crippen LogP contribution >= 0.6 is 0 Å². The van der Waals surface area contributed by atoms with Crippen molar-refractivity contribution >= 4 is 11.9 Å². The molecule has 1 saturated heterocycles. The highest BCUT2D eigenvalue weighted by Gasteiger charge is 2.48. The van der Waals surface area contributed by atoms with E-state index in [1.165, 1.54) is 12.0 Å². The van der Waals surface area contributed by atoms with Gasteiger partial charge in [0.25, 0.3) is 0 Å². The van der Waals surface area contributed by atoms with Crippen LogP contribution in [0.5, 0.6) is 0 Å². The van der Waals surface area contributed by atoms with Crippen LogP contribution in [0.1, 0.15) is 37.7 Å². The summed E-state index contributed by atoms with van der Waals surface area (Å²) in [5.74, 6) is -0.109. The molecule has 6 heteroatoms. The Morgan fingerprint density at radius 2 is 1.89 bits per heavy atom. The summed E-state index contributed by atoms with van der Waals surface area (Å²) in [7, 11) is 0. The third-order valence-corrected chi connectivity index (χ3v) is 6.28. The molecular formula is C21H28N5O+. The van der Waals surface area contributed by atoms with Crippen LogP contribution in [0.4, 0.5) is 0 Å². The van der Waals surface area contributed by atoms with Crippen LogP contribution in [0.2, 0.25) is 0 Å². The Bertz CT molecular complexity index is 740. The number of quaternary nitrogens is 1. The van der Waals surface area contributed by atoms with E-state index in [0.29, 0.717) is 5.96 Å². The van der Waals surface area contributed by atoms with Gasteiger partial charge in [-0.1, -0.05) is 49.6 Å². The number of nitriles is 1. The number of nitrogens with zero attached hydrogens (tertiary/aromatic N) is 3. The minimum atomic E-state index is -0.647. The van der Waals surface area contributed by atoms with Crippen molar-refractivity contribution in [2.24, 2.45) is 10.9 Å². The normalized spacial score (nSPS) is 25.6. The van der Waals surface area contributed by atoms with E-state index in [4.69, 9.17) is 4.99 Å². The molecule has 2 heterocycles. The summed E-state index contributed by atoms with van der Waals surface area (Å²) in [5, 5.41) is 12.5. The van der Waals surface area contributed by atoms with E-state index in [9.17, 15) is 10.1 Å². The molecule has 0 unspecified atom stereocenters. The lowest BCUT2D eigenvalue weighted by Crippen LogP contribution is -3.13. The summed E-state index contributed by atoms with van der Waals surface area (Å²) in [5.41, 5.74) is 0.862. The maximum atomic E-state index is 12.6. The van der Waals surface area contributed by atoms with E-state index in [-0.39, 0.29) is 5.91 Å². The van der Waals surface area contributed by atoms with Gasteiger partial charge in [-0.05, 0) is 12.8 Å². The number of guanidine groups is 1. The molecule has 1 amide bonds. The Morgan fingerprint density at radius 3 is 2.56 bits per heavy atom. The van der Waals surface area contributed by atoms with Crippen molar-refractivity contribution < 1.29 is 9.69 Å². The Labute approximate surface area is 160 Å². The van der Waals surface area contributed by atoms with Crippen LogP contribution in [0, 0.1) is 17.2 Å². The highest BCUT2D eigenvalue weighted by atomic mass is 16.2. The zero-order valence-electron chi connectivity index (χ0n) is 15.8. The van der Waals surface area contributed by atoms with Crippen molar-refractivity contribution in [3.63, 3.8) is 0 Å². The van der Waals surface area contributed by atoms with Crippen LogP contribution in [0.15, 0.2) is 35.3 Å². The van der Waals surface area contributed by atoms with Gasteiger partial charge in [0.15, 0.2) is 5.92 Å². The molecule has 0 aromatic heterocycles. The Morgan fingerprint density at radius 1 is 1.19 bits per heavy atom. The van der Waals surface area contributed by atoms with Crippen LogP contribution in [-0.2, 0) is 11.3 Å². The van der Waals surface area contributed by atoms with E-state index in [1.54, 1.807) is 4.90 Å². The van der Waals surface area contributed by atoms with Crippen molar-refractivity contribution in [1.29, 1.82) is 5.26 Å². The zero-order valence-corrected chi connectivity index (χ0v) is 15.8. The fraction of sp³-hybridized carbons (Fsp3) is 0.571. The first kappa shape index (κ1) is 18.0. The maximum Gasteiger partial charge on any atom is 0.246 e. The molecule has 1 aromatic rings. The van der Waals surface area contributed by atoms with Crippen LogP contribution in [-0.4, -0.2) is 48.5 Å². The van der Waals surface area contributed by atoms with Crippen molar-refractivity contribution in [1.82, 2.24) is 10.2 Å². The molecule has 0 bridgehead atoms. The number of piperazine rings is 1. The molecule has 142 valence electrons. The summed E-state index contributed by atoms with van der Waals surface area (Å²) in [6.45, 7) is 4.86. The SMILES string of the molecule is N#C[C@@H]1C(=O)NC(N2CC[NH+](Cc3ccccc3)CC2)=NC12CCCCC2. The summed E-state index contributed by atoms with van der Waals surface area (Å²) in [4.78, 5) is 21.4. The fourth-order valence-electron chi connectivity index (χ4n) is 4.72. The highest BCUT2D eigenvalue weighted by molar-refractivity contribution is 6.02. The summed E-state index contributed by atoms with van der Waals surface area (Å²) >= 11 is 0. The van der Waals surface area contributed by atoms with Crippen LogP contribution in [0.25, 0.3) is 0 Å². The minimum absolute atomic E-state index is 0.163. The van der Waals surface area contributed by atoms with E-state index in [2.05, 4.69) is 46.6 Å². The number of benzene rings is 1. The monoisotopic (exact) mass is 366 g/mol. The Balaban J connectivity index is 1.44. The number of carbonyl (C=O) groups excluding carboxylic acids is 1. The van der Waals surface area contributed by atoms with E-state index in [0.717, 1.165) is 58.4 Å². The van der Waals surface area contributed by atoms with Gasteiger partial charge in [0.1, 0.15) is 6.54 Å². The van der Waals surface area contributed by atoms with Gasteiger partial charge in [-0.15, -0.1) is 0 Å². The lowest BCUT2D eigenvalue weighted by atomic mass is 9.72. The summed E-state index contributed by atoms with van der Waals surface area (Å²) < 4.78 is 0. The number of amides is 1. The predicted molar refractivity (Wildman–Crippen MR) is 103 cm³/mol. The summed E-state index contributed by atoms with van der Waals surface area (Å²) in [6.07, 6.45) is 4.98. The lowest BCUT2D eigenvalue weighted by molar-refractivity contribution is -0.917. The molecule has 27 heavy (non-hydrogen) atoms. The topological polar surface area (TPSA) is 72.9 Å². The van der Waals surface area contributed by atoms with Crippen molar-refractivity contribution in [3.8, 4) is 6.07 Å². The second kappa shape index (κ2) is 7.69. The van der Waals surface area contributed by atoms with Crippen molar-refractivity contribution in [3.05, 3.63) is 35.9 Å². The standard InChI is InChI=1S/C21H27N5O/c22-15-18-19(27)23-20(24-21(18)9-5-2-6-10-21)26-13-11-25(12-14-26)16-17-7-3-1-4-8-17/h1,3-4,7-8,18H,2,5-6,9-14,16H2,(H,23,24,27)/p+1/t18-/m1/s1. The van der Waals surface area contributed by atoms with Gasteiger partial charge in [-0.25, -0.2) is 4.99 Å². The average molecular weight is 366 g/mol. The van der Waals surface area contributed by atoms with E-state index < -0.39 is 11.5 Å². The Kier molecular flexibility index (Phi) is 5.13. The van der Waals surface area contributed by atoms with Gasteiger partial charge in [0, 0.05) is 5.56 Å². The molecule has 2 N–H and O–H groups in total. The first-order chi connectivity index (χ1) is 13.2. The number of aliphatic imine (C=N–C) groups is 1. The van der Waals surface area contributed by atoms with E-state index >= 15 is 0 Å². The number of hydrogen-bond acceptors (Lipinski definition) is 4. The number of nitrogens with one attached hydrogen (secondary N) is 2. The third kappa shape index (κ3) is 3.70. The molecule has 1 atom stereocenters. The second-order valence-electron chi connectivity index (χ2n) is 8.05. The zero-order chi connectivity index (χ0) is 18.7. The van der Waals surface area contributed by atoms with E-state index in [1.807, 2.05) is 0 Å². The molecule has 1 aliphatic carbocycles. The minimum Gasteiger partial charge on any atom is -0.331 e. The molecule has 1 spiro atoms. The molecule has 2 aliphatic heterocycles. The van der Waals surface area contributed by atoms with Crippen LogP contribution < -0.4 is 10.2 Å². The van der Waals surface area contributed by atoms with Crippen molar-refractivity contribution in [2.45, 2.75) is 44.2 Å². The molecule has 6 nitrogen and oxygen atoms in total. The molecule has 1 aromatic carbocycles. The molecule has 2 fully saturated rings. The highest BCUT2D eigenvalue weighted by Crippen LogP contribution is 2.39. The number of rotatable bonds is 2. The molecule has 4 rings (SSSR count). The third-order valence-electron chi connectivity index (χ3n) is 6.28.